The van der Waals surface area contributed by atoms with Gasteiger partial charge >= 0.3 is 0 Å². The number of nitrogens with zero attached hydrogens (tertiary/aromatic N) is 2. The van der Waals surface area contributed by atoms with Crippen LogP contribution in [0.25, 0.3) is 0 Å². The normalized spacial score (nSPS) is 20.8. The highest BCUT2D eigenvalue weighted by Crippen LogP contribution is 2.29. The smallest absolute Gasteiger partial charge is 0.239 e. The number of carbonyl (C=O) groups excluding carboxylic acids is 1. The van der Waals surface area contributed by atoms with Gasteiger partial charge in [-0.25, -0.2) is 0 Å². The van der Waals surface area contributed by atoms with Crippen LogP contribution < -0.4 is 9.47 Å². The summed E-state index contributed by atoms with van der Waals surface area (Å²) in [4.78, 5) is 17.0. The van der Waals surface area contributed by atoms with Gasteiger partial charge in [-0.1, -0.05) is 12.1 Å². The number of ether oxygens (including phenoxy) is 2. The molecule has 2 aliphatic rings. The molecule has 0 saturated carbocycles. The molecular formula is C19H28N2O3. The summed E-state index contributed by atoms with van der Waals surface area (Å²) < 4.78 is 11.4. The molecule has 0 spiro atoms. The molecule has 0 aliphatic carbocycles. The number of carbonyl (C=O) groups is 1. The second-order valence-electron chi connectivity index (χ2n) is 6.71. The number of methoxy groups -OCH3 is 1. The van der Waals surface area contributed by atoms with E-state index in [1.54, 1.807) is 7.11 Å². The highest BCUT2D eigenvalue weighted by atomic mass is 16.5. The maximum Gasteiger partial charge on any atom is 0.239 e. The third-order valence-electron chi connectivity index (χ3n) is 5.16. The average molecular weight is 332 g/mol. The zero-order chi connectivity index (χ0) is 16.9. The number of benzene rings is 1. The lowest BCUT2D eigenvalue weighted by atomic mass is 10.1. The van der Waals surface area contributed by atoms with Crippen LogP contribution in [0, 0.1) is 0 Å². The summed E-state index contributed by atoms with van der Waals surface area (Å²) in [6, 6.07) is 7.75. The van der Waals surface area contributed by atoms with E-state index >= 15 is 0 Å². The molecule has 1 unspecified atom stereocenters. The maximum atomic E-state index is 12.7. The van der Waals surface area contributed by atoms with Crippen molar-refractivity contribution in [2.24, 2.45) is 0 Å². The van der Waals surface area contributed by atoms with Gasteiger partial charge in [0, 0.05) is 25.9 Å². The van der Waals surface area contributed by atoms with Gasteiger partial charge in [-0.3, -0.25) is 9.69 Å². The van der Waals surface area contributed by atoms with E-state index in [-0.39, 0.29) is 18.1 Å². The van der Waals surface area contributed by atoms with Crippen LogP contribution in [-0.4, -0.2) is 61.1 Å². The van der Waals surface area contributed by atoms with Crippen molar-refractivity contribution in [2.75, 3.05) is 33.3 Å². The Labute approximate surface area is 144 Å². The Hall–Kier alpha value is -1.75. The van der Waals surface area contributed by atoms with Gasteiger partial charge in [-0.2, -0.15) is 0 Å². The number of amides is 1. The minimum atomic E-state index is 0.0131. The molecule has 2 fully saturated rings. The Morgan fingerprint density at radius 1 is 1.08 bits per heavy atom. The molecule has 0 aromatic heterocycles. The van der Waals surface area contributed by atoms with Crippen LogP contribution in [0.15, 0.2) is 24.3 Å². The lowest BCUT2D eigenvalue weighted by Gasteiger charge is -2.35. The van der Waals surface area contributed by atoms with Gasteiger partial charge < -0.3 is 14.4 Å². The molecule has 1 amide bonds. The van der Waals surface area contributed by atoms with Crippen molar-refractivity contribution in [3.05, 3.63) is 24.3 Å². The number of para-hydroxylation sites is 2. The zero-order valence-electron chi connectivity index (χ0n) is 14.7. The molecule has 1 aromatic carbocycles. The van der Waals surface area contributed by atoms with Gasteiger partial charge in [0.25, 0.3) is 0 Å². The molecular weight excluding hydrogens is 304 g/mol. The molecule has 0 N–H and O–H groups in total. The summed E-state index contributed by atoms with van der Waals surface area (Å²) in [5.74, 6) is 1.82. The standard InChI is InChI=1S/C19H28N2O3/c1-15(20-11-5-6-12-20)19(22)21-13-9-16(10-14-21)24-18-8-4-3-7-17(18)23-2/h3-4,7-8,15-16H,5-6,9-14H2,1-2H3. The molecule has 24 heavy (non-hydrogen) atoms. The number of piperidine rings is 1. The minimum Gasteiger partial charge on any atom is -0.493 e. The Bertz CT molecular complexity index is 549. The SMILES string of the molecule is COc1ccccc1OC1CCN(C(=O)C(C)N2CCCC2)CC1. The molecule has 2 heterocycles. The lowest BCUT2D eigenvalue weighted by molar-refractivity contribution is -0.137. The first-order valence-electron chi connectivity index (χ1n) is 9.01. The number of hydrogen-bond acceptors (Lipinski definition) is 4. The van der Waals surface area contributed by atoms with Crippen molar-refractivity contribution in [1.29, 1.82) is 0 Å². The lowest BCUT2D eigenvalue weighted by Crippen LogP contribution is -2.50. The molecule has 5 heteroatoms. The zero-order valence-corrected chi connectivity index (χ0v) is 14.7. The van der Waals surface area contributed by atoms with Gasteiger partial charge in [0.2, 0.25) is 5.91 Å². The van der Waals surface area contributed by atoms with E-state index in [2.05, 4.69) is 4.90 Å². The number of likely N-dealkylation sites (tertiary alicyclic amines) is 2. The monoisotopic (exact) mass is 332 g/mol. The van der Waals surface area contributed by atoms with Crippen LogP contribution >= 0.6 is 0 Å². The fourth-order valence-electron chi connectivity index (χ4n) is 3.64. The molecule has 5 nitrogen and oxygen atoms in total. The van der Waals surface area contributed by atoms with Crippen molar-refractivity contribution in [3.63, 3.8) is 0 Å². The van der Waals surface area contributed by atoms with Crippen LogP contribution in [-0.2, 0) is 4.79 Å². The van der Waals surface area contributed by atoms with Gasteiger partial charge in [0.1, 0.15) is 6.10 Å². The first-order chi connectivity index (χ1) is 11.7. The molecule has 2 saturated heterocycles. The Kier molecular flexibility index (Phi) is 5.61. The van der Waals surface area contributed by atoms with Crippen molar-refractivity contribution in [1.82, 2.24) is 9.80 Å². The maximum absolute atomic E-state index is 12.7. The van der Waals surface area contributed by atoms with Crippen molar-refractivity contribution < 1.29 is 14.3 Å². The fourth-order valence-corrected chi connectivity index (χ4v) is 3.64. The van der Waals surface area contributed by atoms with Gasteiger partial charge in [0.05, 0.1) is 13.2 Å². The molecule has 3 rings (SSSR count). The topological polar surface area (TPSA) is 42.0 Å². The van der Waals surface area contributed by atoms with E-state index in [0.29, 0.717) is 0 Å². The summed E-state index contributed by atoms with van der Waals surface area (Å²) >= 11 is 0. The summed E-state index contributed by atoms with van der Waals surface area (Å²) in [5, 5.41) is 0. The van der Waals surface area contributed by atoms with Crippen LogP contribution in [0.5, 0.6) is 11.5 Å². The predicted octanol–water partition coefficient (Wildman–Crippen LogP) is 2.55. The van der Waals surface area contributed by atoms with Gasteiger partial charge in [-0.05, 0) is 45.0 Å². The van der Waals surface area contributed by atoms with Crippen LogP contribution in [0.3, 0.4) is 0 Å². The van der Waals surface area contributed by atoms with Crippen LogP contribution in [0.1, 0.15) is 32.6 Å². The van der Waals surface area contributed by atoms with E-state index < -0.39 is 0 Å². The average Bonchev–Trinajstić information content (AvgIpc) is 3.16. The summed E-state index contributed by atoms with van der Waals surface area (Å²) in [6.45, 7) is 5.71. The minimum absolute atomic E-state index is 0.0131. The second-order valence-corrected chi connectivity index (χ2v) is 6.71. The van der Waals surface area contributed by atoms with E-state index in [1.165, 1.54) is 12.8 Å². The van der Waals surface area contributed by atoms with Gasteiger partial charge in [-0.15, -0.1) is 0 Å². The molecule has 1 atom stereocenters. The van der Waals surface area contributed by atoms with E-state index in [4.69, 9.17) is 9.47 Å². The predicted molar refractivity (Wildman–Crippen MR) is 93.5 cm³/mol. The summed E-state index contributed by atoms with van der Waals surface area (Å²) in [7, 11) is 1.66. The fraction of sp³-hybridized carbons (Fsp3) is 0.632. The largest absolute Gasteiger partial charge is 0.493 e. The van der Waals surface area contributed by atoms with Crippen LogP contribution in [0.4, 0.5) is 0 Å². The summed E-state index contributed by atoms with van der Waals surface area (Å²) in [6.07, 6.45) is 4.32. The Balaban J connectivity index is 1.51. The van der Waals surface area contributed by atoms with Crippen molar-refractivity contribution in [3.8, 4) is 11.5 Å². The first kappa shape index (κ1) is 17.1. The van der Waals surface area contributed by atoms with Crippen LogP contribution in [0.2, 0.25) is 0 Å². The second kappa shape index (κ2) is 7.88. The highest BCUT2D eigenvalue weighted by molar-refractivity contribution is 5.81. The van der Waals surface area contributed by atoms with Gasteiger partial charge in [0.15, 0.2) is 11.5 Å². The highest BCUT2D eigenvalue weighted by Gasteiger charge is 2.31. The Morgan fingerprint density at radius 3 is 2.33 bits per heavy atom. The van der Waals surface area contributed by atoms with E-state index in [1.807, 2.05) is 36.1 Å². The quantitative estimate of drug-likeness (QED) is 0.831. The number of hydrogen-bond donors (Lipinski definition) is 0. The number of rotatable bonds is 5. The first-order valence-corrected chi connectivity index (χ1v) is 9.01. The molecule has 1 aromatic rings. The van der Waals surface area contributed by atoms with E-state index in [0.717, 1.165) is 50.5 Å². The molecule has 0 radical (unpaired) electrons. The molecule has 0 bridgehead atoms. The summed E-state index contributed by atoms with van der Waals surface area (Å²) in [5.41, 5.74) is 0. The van der Waals surface area contributed by atoms with Crippen molar-refractivity contribution in [2.45, 2.75) is 44.8 Å². The molecule has 132 valence electrons. The molecule has 2 aliphatic heterocycles. The Morgan fingerprint density at radius 2 is 1.71 bits per heavy atom. The van der Waals surface area contributed by atoms with E-state index in [9.17, 15) is 4.79 Å². The third-order valence-corrected chi connectivity index (χ3v) is 5.16. The third kappa shape index (κ3) is 3.83. The van der Waals surface area contributed by atoms with Crippen molar-refractivity contribution >= 4 is 5.91 Å².